The lowest BCUT2D eigenvalue weighted by Gasteiger charge is -2.18. The Hall–Kier alpha value is -6.92. The zero-order valence-corrected chi connectivity index (χ0v) is 35.4. The number of rotatable bonds is 16. The quantitative estimate of drug-likeness (QED) is 0.114. The van der Waals surface area contributed by atoms with Crippen LogP contribution < -0.4 is 0 Å². The van der Waals surface area contributed by atoms with E-state index in [2.05, 4.69) is 97.9 Å². The molecule has 4 aromatic rings. The number of hydrogen-bond acceptors (Lipinski definition) is 6. The van der Waals surface area contributed by atoms with E-state index in [1.165, 1.54) is 51.4 Å². The fourth-order valence-corrected chi connectivity index (χ4v) is 8.66. The number of allylic oxidation sites excluding steroid dienone is 10. The van der Waals surface area contributed by atoms with Crippen molar-refractivity contribution in [1.29, 1.82) is 0 Å². The van der Waals surface area contributed by atoms with E-state index < -0.39 is 0 Å². The lowest BCUT2D eigenvalue weighted by Crippen LogP contribution is -2.10. The third-order valence-corrected chi connectivity index (χ3v) is 11.7. The summed E-state index contributed by atoms with van der Waals surface area (Å²) < 4.78 is 6.93. The largest absolute Gasteiger partial charge is 0.504 e. The van der Waals surface area contributed by atoms with Crippen molar-refractivity contribution in [2.45, 2.75) is 71.1 Å². The zero-order valence-electron chi connectivity index (χ0n) is 35.4. The molecule has 0 spiro atoms. The molecule has 62 heavy (non-hydrogen) atoms. The topological polar surface area (TPSA) is 78.9 Å². The van der Waals surface area contributed by atoms with Crippen molar-refractivity contribution in [3.63, 3.8) is 0 Å². The van der Waals surface area contributed by atoms with Crippen LogP contribution in [0.5, 0.6) is 0 Å². The minimum atomic E-state index is -0.0421. The van der Waals surface area contributed by atoms with Gasteiger partial charge in [0.15, 0.2) is 17.2 Å². The molecule has 0 fully saturated rings. The van der Waals surface area contributed by atoms with Gasteiger partial charge in [-0.15, -0.1) is 0 Å². The standard InChI is InChI=1S/C56H52N4O2/c1-2-3-4-5-6-7-8-9-10-23-36-62-56-51(42-30-21-14-22-31-42)53-50(41-28-19-13-20-29-41)52-49(40-26-17-12-18-27-40)48(39-24-15-11-16-25-39)47(59-52)38-45-33-32-43(57-45)37-44-34-35-46(58-44)55(61)54(56)60-53/h11-22,24-35,37-38,61H,2-10,23,36H2,1H3. The van der Waals surface area contributed by atoms with E-state index in [0.29, 0.717) is 35.2 Å². The predicted octanol–water partition coefficient (Wildman–Crippen LogP) is 13.8. The molecular formula is C56H52N4O2. The Balaban J connectivity index is 1.26. The smallest absolute Gasteiger partial charge is 0.171 e. The van der Waals surface area contributed by atoms with Crippen LogP contribution in [0.4, 0.5) is 0 Å². The van der Waals surface area contributed by atoms with Crippen molar-refractivity contribution in [3.05, 3.63) is 214 Å². The van der Waals surface area contributed by atoms with Crippen LogP contribution in [0, 0.1) is 0 Å². The number of aliphatic hydroxyl groups excluding tert-OH is 1. The number of benzene rings is 4. The number of aliphatic imine (C=N–C) groups is 4. The Labute approximate surface area is 365 Å². The number of fused-ring (bicyclic) bond motifs is 4. The van der Waals surface area contributed by atoms with Gasteiger partial charge in [0.1, 0.15) is 5.70 Å². The molecular weight excluding hydrogens is 761 g/mol. The zero-order chi connectivity index (χ0) is 42.1. The Bertz CT molecular complexity index is 2700. The second kappa shape index (κ2) is 19.2. The summed E-state index contributed by atoms with van der Waals surface area (Å²) in [6, 6.07) is 41.6. The van der Waals surface area contributed by atoms with Crippen LogP contribution in [0.15, 0.2) is 212 Å². The molecule has 0 amide bonds. The number of ether oxygens (including phenoxy) is 1. The van der Waals surface area contributed by atoms with E-state index in [-0.39, 0.29) is 5.76 Å². The fourth-order valence-electron chi connectivity index (χ4n) is 8.66. The summed E-state index contributed by atoms with van der Waals surface area (Å²) in [5, 5.41) is 12.4. The van der Waals surface area contributed by atoms with Gasteiger partial charge in [0.25, 0.3) is 0 Å². The Morgan fingerprint density at radius 1 is 0.452 bits per heavy atom. The van der Waals surface area contributed by atoms with E-state index in [1.807, 2.05) is 66.8 Å². The maximum absolute atomic E-state index is 12.4. The number of unbranched alkanes of at least 4 members (excludes halogenated alkanes) is 9. The molecule has 0 aliphatic carbocycles. The van der Waals surface area contributed by atoms with E-state index >= 15 is 0 Å². The average molecular weight is 813 g/mol. The molecule has 5 aliphatic rings. The van der Waals surface area contributed by atoms with E-state index in [4.69, 9.17) is 24.7 Å². The molecule has 8 bridgehead atoms. The molecule has 5 aliphatic heterocycles. The molecule has 5 heterocycles. The summed E-state index contributed by atoms with van der Waals surface area (Å²) in [5.41, 5.74) is 12.8. The van der Waals surface area contributed by atoms with Gasteiger partial charge in [-0.1, -0.05) is 186 Å². The Morgan fingerprint density at radius 3 is 1.58 bits per heavy atom. The van der Waals surface area contributed by atoms with Gasteiger partial charge in [0.2, 0.25) is 0 Å². The molecule has 9 rings (SSSR count). The van der Waals surface area contributed by atoms with Gasteiger partial charge in [-0.25, -0.2) is 20.0 Å². The van der Waals surface area contributed by atoms with Crippen molar-refractivity contribution in [2.24, 2.45) is 20.0 Å². The Kier molecular flexibility index (Phi) is 12.5. The second-order valence-corrected chi connectivity index (χ2v) is 16.2. The molecule has 0 saturated heterocycles. The summed E-state index contributed by atoms with van der Waals surface area (Å²) >= 11 is 0. The van der Waals surface area contributed by atoms with Crippen LogP contribution >= 0.6 is 0 Å². The predicted molar refractivity (Wildman–Crippen MR) is 258 cm³/mol. The molecule has 4 aromatic carbocycles. The van der Waals surface area contributed by atoms with Crippen LogP contribution in [-0.2, 0) is 4.74 Å². The third-order valence-electron chi connectivity index (χ3n) is 11.7. The minimum absolute atomic E-state index is 0.0421. The van der Waals surface area contributed by atoms with E-state index in [1.54, 1.807) is 0 Å². The van der Waals surface area contributed by atoms with Crippen LogP contribution in [0.1, 0.15) is 93.4 Å². The molecule has 0 unspecified atom stereocenters. The van der Waals surface area contributed by atoms with Gasteiger partial charge in [0, 0.05) is 16.7 Å². The first kappa shape index (κ1) is 40.5. The maximum atomic E-state index is 12.4. The first-order chi connectivity index (χ1) is 30.7. The summed E-state index contributed by atoms with van der Waals surface area (Å²) in [6.07, 6.45) is 24.0. The van der Waals surface area contributed by atoms with E-state index in [0.717, 1.165) is 80.2 Å². The normalized spacial score (nSPS) is 16.8. The number of hydrogen-bond donors (Lipinski definition) is 1. The van der Waals surface area contributed by atoms with Gasteiger partial charge in [-0.2, -0.15) is 0 Å². The molecule has 1 N–H and O–H groups in total. The van der Waals surface area contributed by atoms with Gasteiger partial charge in [-0.3, -0.25) is 0 Å². The molecule has 6 heteroatoms. The Morgan fingerprint density at radius 2 is 0.968 bits per heavy atom. The average Bonchev–Trinajstić information content (AvgIpc) is 4.13. The summed E-state index contributed by atoms with van der Waals surface area (Å²) in [7, 11) is 0. The first-order valence-electron chi connectivity index (χ1n) is 22.3. The minimum Gasteiger partial charge on any atom is -0.504 e. The van der Waals surface area contributed by atoms with Gasteiger partial charge < -0.3 is 9.84 Å². The van der Waals surface area contributed by atoms with Gasteiger partial charge >= 0.3 is 0 Å². The lowest BCUT2D eigenvalue weighted by atomic mass is 9.85. The highest BCUT2D eigenvalue weighted by atomic mass is 16.5. The second-order valence-electron chi connectivity index (χ2n) is 16.2. The first-order valence-corrected chi connectivity index (χ1v) is 22.3. The highest BCUT2D eigenvalue weighted by Gasteiger charge is 2.37. The maximum Gasteiger partial charge on any atom is 0.171 e. The van der Waals surface area contributed by atoms with Crippen LogP contribution in [0.2, 0.25) is 0 Å². The van der Waals surface area contributed by atoms with Crippen LogP contribution in [0.25, 0.3) is 22.3 Å². The molecule has 0 saturated carbocycles. The summed E-state index contributed by atoms with van der Waals surface area (Å²) in [6.45, 7) is 2.76. The molecule has 0 radical (unpaired) electrons. The van der Waals surface area contributed by atoms with Crippen molar-refractivity contribution < 1.29 is 9.84 Å². The molecule has 308 valence electrons. The lowest BCUT2D eigenvalue weighted by molar-refractivity contribution is 0.224. The van der Waals surface area contributed by atoms with Crippen molar-refractivity contribution >= 4 is 45.1 Å². The molecule has 0 atom stereocenters. The van der Waals surface area contributed by atoms with E-state index in [9.17, 15) is 5.11 Å². The highest BCUT2D eigenvalue weighted by molar-refractivity contribution is 6.52. The summed E-state index contributed by atoms with van der Waals surface area (Å²) in [4.78, 5) is 21.0. The van der Waals surface area contributed by atoms with Gasteiger partial charge in [-0.05, 0) is 65.1 Å². The van der Waals surface area contributed by atoms with Crippen LogP contribution in [-0.4, -0.2) is 34.6 Å². The third kappa shape index (κ3) is 8.78. The highest BCUT2D eigenvalue weighted by Crippen LogP contribution is 2.48. The number of nitrogens with zero attached hydrogens (tertiary/aromatic N) is 4. The summed E-state index contributed by atoms with van der Waals surface area (Å²) in [5.74, 6) is 0.496. The molecule has 6 nitrogen and oxygen atoms in total. The van der Waals surface area contributed by atoms with Crippen LogP contribution in [0.3, 0.4) is 0 Å². The fraction of sp³-hybridized carbons (Fsp3) is 0.214. The molecule has 0 aromatic heterocycles. The monoisotopic (exact) mass is 812 g/mol. The van der Waals surface area contributed by atoms with Gasteiger partial charge in [0.05, 0.1) is 46.4 Å². The van der Waals surface area contributed by atoms with Crippen molar-refractivity contribution in [2.75, 3.05) is 6.61 Å². The van der Waals surface area contributed by atoms with Crippen molar-refractivity contribution in [3.8, 4) is 0 Å². The SMILES string of the molecule is CCCCCCCCCCCCOC1=C(c2ccccc2)C2=C(c3ccccc3)C3=NC(=CC4=NC(=CC5=NC(=C(O)C1=N2)C=C5)C=C4)C(c1ccccc1)=C3c1ccccc1. The number of aliphatic hydroxyl groups is 1. The van der Waals surface area contributed by atoms with Crippen molar-refractivity contribution in [1.82, 2.24) is 0 Å².